The van der Waals surface area contributed by atoms with Crippen LogP contribution in [0.2, 0.25) is 0 Å². The topological polar surface area (TPSA) is 52.7 Å². The van der Waals surface area contributed by atoms with Crippen LogP contribution in [-0.2, 0) is 0 Å². The van der Waals surface area contributed by atoms with Gasteiger partial charge in [-0.2, -0.15) is 0 Å². The second-order valence-corrected chi connectivity index (χ2v) is 6.89. The van der Waals surface area contributed by atoms with Crippen molar-refractivity contribution >= 4 is 39.1 Å². The Morgan fingerprint density at radius 1 is 1.00 bits per heavy atom. The molecule has 0 radical (unpaired) electrons. The molecule has 2 aromatic rings. The maximum atomic E-state index is 12.9. The second-order valence-electron chi connectivity index (χ2n) is 6.04. The highest BCUT2D eigenvalue weighted by Crippen LogP contribution is 2.25. The monoisotopic (exact) mass is 417 g/mol. The molecule has 2 rings (SSSR count). The Bertz CT molecular complexity index is 801. The van der Waals surface area contributed by atoms with Gasteiger partial charge in [-0.3, -0.25) is 9.59 Å². The van der Waals surface area contributed by atoms with Gasteiger partial charge < -0.3 is 15.1 Å². The highest BCUT2D eigenvalue weighted by atomic mass is 79.9. The largest absolute Gasteiger partial charge is 0.377 e. The normalized spacial score (nSPS) is 10.3. The molecule has 0 unspecified atom stereocenters. The van der Waals surface area contributed by atoms with Crippen LogP contribution in [0.1, 0.15) is 34.6 Å². The van der Waals surface area contributed by atoms with Crippen LogP contribution >= 0.6 is 15.9 Å². The van der Waals surface area contributed by atoms with Gasteiger partial charge in [0.05, 0.1) is 11.1 Å². The Morgan fingerprint density at radius 2 is 1.65 bits per heavy atom. The number of hydrogen-bond acceptors (Lipinski definition) is 3. The third-order valence-corrected chi connectivity index (χ3v) is 4.83. The molecular weight excluding hydrogens is 394 g/mol. The fourth-order valence-electron chi connectivity index (χ4n) is 2.70. The smallest absolute Gasteiger partial charge is 0.256 e. The minimum Gasteiger partial charge on any atom is -0.377 e. The maximum absolute atomic E-state index is 12.9. The van der Waals surface area contributed by atoms with Crippen LogP contribution in [-0.4, -0.2) is 43.9 Å². The first-order chi connectivity index (χ1) is 12.4. The maximum Gasteiger partial charge on any atom is 0.256 e. The van der Waals surface area contributed by atoms with Crippen LogP contribution in [0.3, 0.4) is 0 Å². The van der Waals surface area contributed by atoms with Crippen molar-refractivity contribution in [3.8, 4) is 0 Å². The zero-order valence-electron chi connectivity index (χ0n) is 15.5. The summed E-state index contributed by atoms with van der Waals surface area (Å²) in [6, 6.07) is 12.6. The summed E-state index contributed by atoms with van der Waals surface area (Å²) >= 11 is 3.39. The molecule has 0 saturated heterocycles. The van der Waals surface area contributed by atoms with Crippen molar-refractivity contribution in [2.75, 3.05) is 37.4 Å². The summed E-state index contributed by atoms with van der Waals surface area (Å²) in [5.41, 5.74) is 2.53. The van der Waals surface area contributed by atoms with Crippen LogP contribution in [0.4, 0.5) is 11.4 Å². The summed E-state index contributed by atoms with van der Waals surface area (Å²) in [7, 11) is 3.79. The molecule has 0 heterocycles. The third kappa shape index (κ3) is 4.43. The van der Waals surface area contributed by atoms with Gasteiger partial charge in [-0.25, -0.2) is 0 Å². The third-order valence-electron chi connectivity index (χ3n) is 4.14. The van der Waals surface area contributed by atoms with E-state index in [0.29, 0.717) is 29.9 Å². The Balaban J connectivity index is 2.36. The number of benzene rings is 2. The van der Waals surface area contributed by atoms with Crippen LogP contribution in [0.25, 0.3) is 0 Å². The van der Waals surface area contributed by atoms with E-state index in [4.69, 9.17) is 0 Å². The number of rotatable bonds is 6. The SMILES string of the molecule is CCN(CC)C(=O)c1cc(NC(=O)c2ccccc2Br)ccc1N(C)C. The molecule has 0 saturated carbocycles. The lowest BCUT2D eigenvalue weighted by atomic mass is 10.1. The molecule has 0 fully saturated rings. The highest BCUT2D eigenvalue weighted by molar-refractivity contribution is 9.10. The molecule has 6 heteroatoms. The van der Waals surface area contributed by atoms with E-state index in [9.17, 15) is 9.59 Å². The number of carbonyl (C=O) groups excluding carboxylic acids is 2. The lowest BCUT2D eigenvalue weighted by molar-refractivity contribution is 0.0773. The predicted octanol–water partition coefficient (Wildman–Crippen LogP) is 4.25. The van der Waals surface area contributed by atoms with Crippen molar-refractivity contribution in [3.05, 3.63) is 58.1 Å². The Hall–Kier alpha value is -2.34. The van der Waals surface area contributed by atoms with Crippen LogP contribution in [0.5, 0.6) is 0 Å². The molecule has 0 aliphatic heterocycles. The van der Waals surface area contributed by atoms with Crippen molar-refractivity contribution in [2.24, 2.45) is 0 Å². The van der Waals surface area contributed by atoms with E-state index in [1.165, 1.54) is 0 Å². The summed E-state index contributed by atoms with van der Waals surface area (Å²) in [6.07, 6.45) is 0. The Labute approximate surface area is 163 Å². The van der Waals surface area contributed by atoms with E-state index in [2.05, 4.69) is 21.2 Å². The minimum atomic E-state index is -0.226. The van der Waals surface area contributed by atoms with Gasteiger partial charge in [0, 0.05) is 43.0 Å². The van der Waals surface area contributed by atoms with E-state index in [0.717, 1.165) is 10.2 Å². The second kappa shape index (κ2) is 8.85. The van der Waals surface area contributed by atoms with Gasteiger partial charge in [0.15, 0.2) is 0 Å². The summed E-state index contributed by atoms with van der Waals surface area (Å²) < 4.78 is 0.724. The average Bonchev–Trinajstić information content (AvgIpc) is 2.62. The van der Waals surface area contributed by atoms with Gasteiger partial charge >= 0.3 is 0 Å². The number of carbonyl (C=O) groups is 2. The summed E-state index contributed by atoms with van der Waals surface area (Å²) in [4.78, 5) is 29.1. The quantitative estimate of drug-likeness (QED) is 0.763. The molecule has 0 aliphatic rings. The molecule has 2 aromatic carbocycles. The predicted molar refractivity (Wildman–Crippen MR) is 110 cm³/mol. The number of hydrogen-bond donors (Lipinski definition) is 1. The molecule has 1 N–H and O–H groups in total. The van der Waals surface area contributed by atoms with Gasteiger partial charge in [-0.1, -0.05) is 12.1 Å². The number of nitrogens with one attached hydrogen (secondary N) is 1. The lowest BCUT2D eigenvalue weighted by Crippen LogP contribution is -2.31. The summed E-state index contributed by atoms with van der Waals surface area (Å²) in [5, 5.41) is 2.88. The molecule has 0 aromatic heterocycles. The fraction of sp³-hybridized carbons (Fsp3) is 0.300. The van der Waals surface area contributed by atoms with E-state index >= 15 is 0 Å². The molecule has 2 amide bonds. The van der Waals surface area contributed by atoms with Gasteiger partial charge in [-0.05, 0) is 60.1 Å². The average molecular weight is 418 g/mol. The Morgan fingerprint density at radius 3 is 2.23 bits per heavy atom. The van der Waals surface area contributed by atoms with Crippen molar-refractivity contribution in [2.45, 2.75) is 13.8 Å². The van der Waals surface area contributed by atoms with E-state index in [1.54, 1.807) is 17.0 Å². The molecular formula is C20H24BrN3O2. The summed E-state index contributed by atoms with van der Waals surface area (Å²) in [6.45, 7) is 5.18. The van der Waals surface area contributed by atoms with Gasteiger partial charge in [0.1, 0.15) is 0 Å². The number of halogens is 1. The first kappa shape index (κ1) is 20.0. The van der Waals surface area contributed by atoms with Crippen molar-refractivity contribution in [3.63, 3.8) is 0 Å². The highest BCUT2D eigenvalue weighted by Gasteiger charge is 2.19. The molecule has 138 valence electrons. The van der Waals surface area contributed by atoms with E-state index in [1.807, 2.05) is 63.2 Å². The molecule has 0 bridgehead atoms. The number of anilines is 2. The zero-order chi connectivity index (χ0) is 19.3. The standard InChI is InChI=1S/C20H24BrN3O2/c1-5-24(6-2)20(26)16-13-14(11-12-18(16)23(3)4)22-19(25)15-9-7-8-10-17(15)21/h7-13H,5-6H2,1-4H3,(H,22,25). The fourth-order valence-corrected chi connectivity index (χ4v) is 3.16. The van der Waals surface area contributed by atoms with Crippen LogP contribution in [0, 0.1) is 0 Å². The van der Waals surface area contributed by atoms with Crippen LogP contribution < -0.4 is 10.2 Å². The van der Waals surface area contributed by atoms with Crippen molar-refractivity contribution < 1.29 is 9.59 Å². The van der Waals surface area contributed by atoms with E-state index < -0.39 is 0 Å². The Kier molecular flexibility index (Phi) is 6.80. The summed E-state index contributed by atoms with van der Waals surface area (Å²) in [5.74, 6) is -0.271. The molecule has 0 spiro atoms. The van der Waals surface area contributed by atoms with Gasteiger partial charge in [0.2, 0.25) is 0 Å². The number of nitrogens with zero attached hydrogens (tertiary/aromatic N) is 2. The van der Waals surface area contributed by atoms with Gasteiger partial charge in [-0.15, -0.1) is 0 Å². The van der Waals surface area contributed by atoms with Gasteiger partial charge in [0.25, 0.3) is 11.8 Å². The molecule has 26 heavy (non-hydrogen) atoms. The van der Waals surface area contributed by atoms with Crippen molar-refractivity contribution in [1.29, 1.82) is 0 Å². The number of amides is 2. The zero-order valence-corrected chi connectivity index (χ0v) is 17.1. The first-order valence-corrected chi connectivity index (χ1v) is 9.34. The first-order valence-electron chi connectivity index (χ1n) is 8.55. The minimum absolute atomic E-state index is 0.0457. The van der Waals surface area contributed by atoms with E-state index in [-0.39, 0.29) is 11.8 Å². The molecule has 0 atom stereocenters. The van der Waals surface area contributed by atoms with Crippen LogP contribution in [0.15, 0.2) is 46.9 Å². The molecule has 0 aliphatic carbocycles. The molecule has 5 nitrogen and oxygen atoms in total. The van der Waals surface area contributed by atoms with Crippen molar-refractivity contribution in [1.82, 2.24) is 4.90 Å². The lowest BCUT2D eigenvalue weighted by Gasteiger charge is -2.23.